The maximum Gasteiger partial charge on any atom is 0.136 e. The summed E-state index contributed by atoms with van der Waals surface area (Å²) in [6.07, 6.45) is 0. The van der Waals surface area contributed by atoms with Gasteiger partial charge in [0.2, 0.25) is 0 Å². The van der Waals surface area contributed by atoms with Crippen molar-refractivity contribution in [2.75, 3.05) is 4.90 Å². The SMILES string of the molecule is CC1(C)c2ccccc2-c2cc(N(c3ccc4sc5ccccc5c4c3)c3ccc4c5c(cccc35)-c3ccc(-c5cc6ccccc6c6ccccc56)cc3O4)ccc21. The Balaban J connectivity index is 1.00. The first kappa shape index (κ1) is 33.7. The lowest BCUT2D eigenvalue weighted by Crippen LogP contribution is -2.15. The zero-order valence-electron chi connectivity index (χ0n) is 33.2. The molecule has 0 fully saturated rings. The topological polar surface area (TPSA) is 12.5 Å². The standard InChI is InChI=1S/C57H37NOS/c1-57(2)49-20-9-7-16-41(49)47-32-36(23-26-50(47)57)58(37-24-29-55-48(33-37)43-17-8-10-21-54(43)60-55)51-27-28-52-56-44(18-11-19-45(51)56)42-25-22-35(31-53(42)59-52)46-30-34-12-3-4-13-38(34)39-14-5-6-15-40(39)46/h3-33H,1-2H3. The quantitative estimate of drug-likeness (QED) is 0.165. The van der Waals surface area contributed by atoms with Gasteiger partial charge in [0.25, 0.3) is 0 Å². The molecule has 0 atom stereocenters. The highest BCUT2D eigenvalue weighted by Crippen LogP contribution is 2.54. The van der Waals surface area contributed by atoms with Gasteiger partial charge in [-0.3, -0.25) is 0 Å². The summed E-state index contributed by atoms with van der Waals surface area (Å²) >= 11 is 1.86. The highest BCUT2D eigenvalue weighted by atomic mass is 32.1. The summed E-state index contributed by atoms with van der Waals surface area (Å²) in [5, 5.41) is 9.87. The summed E-state index contributed by atoms with van der Waals surface area (Å²) in [6.45, 7) is 4.70. The Hall–Kier alpha value is -7.20. The van der Waals surface area contributed by atoms with Crippen LogP contribution in [0, 0.1) is 0 Å². The first-order valence-electron chi connectivity index (χ1n) is 20.7. The molecule has 1 aromatic heterocycles. The van der Waals surface area contributed by atoms with E-state index in [0.29, 0.717) is 0 Å². The van der Waals surface area contributed by atoms with Gasteiger partial charge in [-0.2, -0.15) is 0 Å². The minimum atomic E-state index is -0.0734. The molecule has 11 aromatic rings. The fraction of sp³-hybridized carbons (Fsp3) is 0.0526. The van der Waals surface area contributed by atoms with Gasteiger partial charge in [0.15, 0.2) is 0 Å². The monoisotopic (exact) mass is 783 g/mol. The molecule has 13 rings (SSSR count). The van der Waals surface area contributed by atoms with Crippen molar-refractivity contribution in [3.05, 3.63) is 199 Å². The number of anilines is 3. The number of nitrogens with zero attached hydrogens (tertiary/aromatic N) is 1. The number of fused-ring (bicyclic) bond motifs is 11. The van der Waals surface area contributed by atoms with Crippen LogP contribution in [-0.4, -0.2) is 0 Å². The average Bonchev–Trinajstić information content (AvgIpc) is 3.78. The predicted molar refractivity (Wildman–Crippen MR) is 255 cm³/mol. The van der Waals surface area contributed by atoms with E-state index in [0.717, 1.165) is 50.5 Å². The van der Waals surface area contributed by atoms with Gasteiger partial charge >= 0.3 is 0 Å². The normalized spacial score (nSPS) is 13.4. The zero-order chi connectivity index (χ0) is 39.7. The van der Waals surface area contributed by atoms with E-state index >= 15 is 0 Å². The lowest BCUT2D eigenvalue weighted by molar-refractivity contribution is 0.487. The van der Waals surface area contributed by atoms with E-state index in [9.17, 15) is 0 Å². The first-order valence-corrected chi connectivity index (χ1v) is 21.6. The third-order valence-corrected chi connectivity index (χ3v) is 14.4. The molecule has 3 heteroatoms. The molecule has 2 heterocycles. The lowest BCUT2D eigenvalue weighted by atomic mass is 9.82. The van der Waals surface area contributed by atoms with Crippen molar-refractivity contribution < 1.29 is 4.74 Å². The van der Waals surface area contributed by atoms with Crippen molar-refractivity contribution >= 4 is 80.9 Å². The van der Waals surface area contributed by atoms with E-state index in [1.807, 2.05) is 11.3 Å². The molecular formula is C57H37NOS. The van der Waals surface area contributed by atoms with Gasteiger partial charge in [-0.1, -0.05) is 135 Å². The number of hydrogen-bond acceptors (Lipinski definition) is 3. The molecule has 0 bridgehead atoms. The van der Waals surface area contributed by atoms with Crippen molar-refractivity contribution in [3.63, 3.8) is 0 Å². The number of benzene rings is 10. The Morgan fingerprint density at radius 3 is 2.03 bits per heavy atom. The molecule has 10 aromatic carbocycles. The van der Waals surface area contributed by atoms with Crippen LogP contribution < -0.4 is 9.64 Å². The van der Waals surface area contributed by atoms with Crippen LogP contribution in [0.1, 0.15) is 25.0 Å². The summed E-state index contributed by atoms with van der Waals surface area (Å²) in [4.78, 5) is 2.46. The Labute approximate surface area is 352 Å². The molecule has 0 unspecified atom stereocenters. The predicted octanol–water partition coefficient (Wildman–Crippen LogP) is 16.7. The van der Waals surface area contributed by atoms with Gasteiger partial charge in [0.1, 0.15) is 11.5 Å². The maximum absolute atomic E-state index is 6.96. The molecule has 0 radical (unpaired) electrons. The van der Waals surface area contributed by atoms with E-state index in [2.05, 4.69) is 207 Å². The molecule has 2 nitrogen and oxygen atoms in total. The summed E-state index contributed by atoms with van der Waals surface area (Å²) < 4.78 is 9.56. The molecule has 0 saturated carbocycles. The molecule has 0 N–H and O–H groups in total. The second-order valence-electron chi connectivity index (χ2n) is 16.8. The van der Waals surface area contributed by atoms with Gasteiger partial charge in [0, 0.05) is 53.3 Å². The highest BCUT2D eigenvalue weighted by Gasteiger charge is 2.36. The van der Waals surface area contributed by atoms with E-state index in [1.165, 1.54) is 75.1 Å². The second-order valence-corrected chi connectivity index (χ2v) is 17.9. The second kappa shape index (κ2) is 12.4. The molecule has 0 amide bonds. The largest absolute Gasteiger partial charge is 0.456 e. The van der Waals surface area contributed by atoms with E-state index < -0.39 is 0 Å². The summed E-state index contributed by atoms with van der Waals surface area (Å²) in [7, 11) is 0. The zero-order valence-corrected chi connectivity index (χ0v) is 34.0. The molecular weight excluding hydrogens is 747 g/mol. The van der Waals surface area contributed by atoms with Crippen LogP contribution in [0.5, 0.6) is 11.5 Å². The number of rotatable bonds is 4. The summed E-state index contributed by atoms with van der Waals surface area (Å²) in [5.41, 5.74) is 13.3. The molecule has 1 aliphatic heterocycles. The molecule has 1 aliphatic carbocycles. The van der Waals surface area contributed by atoms with Crippen molar-refractivity contribution in [3.8, 4) is 44.9 Å². The fourth-order valence-electron chi connectivity index (χ4n) is 10.4. The van der Waals surface area contributed by atoms with Crippen LogP contribution in [0.2, 0.25) is 0 Å². The Kier molecular flexibility index (Phi) is 6.98. The minimum absolute atomic E-state index is 0.0734. The van der Waals surface area contributed by atoms with Crippen molar-refractivity contribution in [1.82, 2.24) is 0 Å². The van der Waals surface area contributed by atoms with Crippen LogP contribution in [0.3, 0.4) is 0 Å². The fourth-order valence-corrected chi connectivity index (χ4v) is 11.5. The van der Waals surface area contributed by atoms with E-state index in [-0.39, 0.29) is 5.41 Å². The minimum Gasteiger partial charge on any atom is -0.456 e. The average molecular weight is 784 g/mol. The van der Waals surface area contributed by atoms with Crippen LogP contribution in [0.25, 0.3) is 85.9 Å². The Bertz CT molecular complexity index is 3630. The molecule has 60 heavy (non-hydrogen) atoms. The maximum atomic E-state index is 6.96. The van der Waals surface area contributed by atoms with Crippen LogP contribution in [-0.2, 0) is 5.41 Å². The number of thiophene rings is 1. The van der Waals surface area contributed by atoms with Crippen LogP contribution in [0.4, 0.5) is 17.1 Å². The van der Waals surface area contributed by atoms with E-state index in [4.69, 9.17) is 4.74 Å². The van der Waals surface area contributed by atoms with Gasteiger partial charge in [-0.25, -0.2) is 0 Å². The van der Waals surface area contributed by atoms with Gasteiger partial charge < -0.3 is 9.64 Å². The van der Waals surface area contributed by atoms with Crippen LogP contribution in [0.15, 0.2) is 188 Å². The first-order chi connectivity index (χ1) is 29.5. The lowest BCUT2D eigenvalue weighted by Gasteiger charge is -2.30. The van der Waals surface area contributed by atoms with Gasteiger partial charge in [-0.15, -0.1) is 11.3 Å². The number of ether oxygens (including phenoxy) is 1. The van der Waals surface area contributed by atoms with Crippen molar-refractivity contribution in [2.45, 2.75) is 19.3 Å². The molecule has 2 aliphatic rings. The molecule has 282 valence electrons. The summed E-state index contributed by atoms with van der Waals surface area (Å²) in [6, 6.07) is 69.4. The third-order valence-electron chi connectivity index (χ3n) is 13.2. The summed E-state index contributed by atoms with van der Waals surface area (Å²) in [5.74, 6) is 1.75. The molecule has 0 saturated heterocycles. The van der Waals surface area contributed by atoms with Crippen molar-refractivity contribution in [1.29, 1.82) is 0 Å². The van der Waals surface area contributed by atoms with Gasteiger partial charge in [0.05, 0.1) is 5.69 Å². The van der Waals surface area contributed by atoms with Crippen LogP contribution >= 0.6 is 11.3 Å². The smallest absolute Gasteiger partial charge is 0.136 e. The highest BCUT2D eigenvalue weighted by molar-refractivity contribution is 7.25. The number of hydrogen-bond donors (Lipinski definition) is 0. The van der Waals surface area contributed by atoms with Crippen molar-refractivity contribution in [2.24, 2.45) is 0 Å². The Morgan fingerprint density at radius 2 is 1.12 bits per heavy atom. The Morgan fingerprint density at radius 1 is 0.417 bits per heavy atom. The third kappa shape index (κ3) is 4.75. The van der Waals surface area contributed by atoms with Gasteiger partial charge in [-0.05, 0) is 127 Å². The van der Waals surface area contributed by atoms with E-state index in [1.54, 1.807) is 0 Å². The molecule has 0 spiro atoms.